The van der Waals surface area contributed by atoms with Gasteiger partial charge in [-0.1, -0.05) is 15.9 Å². The summed E-state index contributed by atoms with van der Waals surface area (Å²) < 4.78 is 7.05. The third kappa shape index (κ3) is 2.64. The highest BCUT2D eigenvalue weighted by Crippen LogP contribution is 2.48. The van der Waals surface area contributed by atoms with E-state index in [2.05, 4.69) is 26.0 Å². The van der Waals surface area contributed by atoms with Gasteiger partial charge in [0.05, 0.1) is 12.8 Å². The molecule has 0 spiro atoms. The molecule has 1 aromatic heterocycles. The Labute approximate surface area is 184 Å². The maximum atomic E-state index is 12.9. The summed E-state index contributed by atoms with van der Waals surface area (Å²) in [5.41, 5.74) is -1.10. The fourth-order valence-corrected chi connectivity index (χ4v) is 4.53. The molecule has 31 heavy (non-hydrogen) atoms. The summed E-state index contributed by atoms with van der Waals surface area (Å²) in [6.45, 7) is 0. The van der Waals surface area contributed by atoms with Crippen LogP contribution in [0.2, 0.25) is 0 Å². The Kier molecular flexibility index (Phi) is 4.23. The zero-order chi connectivity index (χ0) is 21.9. The summed E-state index contributed by atoms with van der Waals surface area (Å²) in [5.74, 6) is -0.870. The van der Waals surface area contributed by atoms with Crippen LogP contribution in [0.15, 0.2) is 51.7 Å². The second-order valence-corrected chi connectivity index (χ2v) is 8.16. The van der Waals surface area contributed by atoms with Gasteiger partial charge >= 0.3 is 5.97 Å². The molecule has 2 aliphatic rings. The number of amides is 1. The molecule has 5 rings (SSSR count). The van der Waals surface area contributed by atoms with Crippen LogP contribution in [0.25, 0.3) is 22.6 Å². The lowest BCUT2D eigenvalue weighted by Crippen LogP contribution is -2.58. The number of aliphatic carboxylic acids is 1. The highest BCUT2D eigenvalue weighted by molar-refractivity contribution is 9.10. The van der Waals surface area contributed by atoms with Gasteiger partial charge in [-0.3, -0.25) is 14.5 Å². The molecule has 1 fully saturated rings. The normalized spacial score (nSPS) is 18.9. The zero-order valence-corrected chi connectivity index (χ0v) is 17.8. The molecule has 1 unspecified atom stereocenters. The first kappa shape index (κ1) is 19.4. The molecular formula is C21H15BrN4O5. The lowest BCUT2D eigenvalue weighted by atomic mass is 10.00. The Morgan fingerprint density at radius 3 is 2.61 bits per heavy atom. The van der Waals surface area contributed by atoms with E-state index in [0.29, 0.717) is 27.0 Å². The van der Waals surface area contributed by atoms with Crippen LogP contribution >= 0.6 is 15.9 Å². The molecule has 156 valence electrons. The minimum absolute atomic E-state index is 0.00325. The van der Waals surface area contributed by atoms with Gasteiger partial charge < -0.3 is 9.84 Å². The standard InChI is InChI=1S/C21H15BrN4O5/c1-31-13-5-2-11(3-6-13)17-19(28)23-18-14-10-12(22)4-7-15(14)25-16(27)8-9-21(25,20(29)30)26(18)24-17/h2-7,10H,8-9H2,1H3,(H,29,30). The third-order valence-electron chi connectivity index (χ3n) is 5.61. The largest absolute Gasteiger partial charge is 0.497 e. The monoisotopic (exact) mass is 482 g/mol. The first-order valence-electron chi connectivity index (χ1n) is 9.39. The van der Waals surface area contributed by atoms with Crippen molar-refractivity contribution >= 4 is 33.5 Å². The number of carboxylic acid groups (broad SMARTS) is 1. The van der Waals surface area contributed by atoms with E-state index in [9.17, 15) is 19.5 Å². The van der Waals surface area contributed by atoms with Gasteiger partial charge in [-0.25, -0.2) is 9.48 Å². The Balaban J connectivity index is 1.84. The number of carbonyl (C=O) groups is 2. The van der Waals surface area contributed by atoms with Crippen LogP contribution < -0.4 is 15.2 Å². The van der Waals surface area contributed by atoms with Crippen molar-refractivity contribution in [3.8, 4) is 28.4 Å². The van der Waals surface area contributed by atoms with Gasteiger partial charge in [-0.05, 0) is 42.5 Å². The van der Waals surface area contributed by atoms with Crippen LogP contribution in [0.1, 0.15) is 12.8 Å². The fourth-order valence-electron chi connectivity index (χ4n) is 4.17. The van der Waals surface area contributed by atoms with E-state index in [1.54, 1.807) is 42.5 Å². The van der Waals surface area contributed by atoms with Crippen LogP contribution in [0.4, 0.5) is 5.69 Å². The van der Waals surface area contributed by atoms with Gasteiger partial charge in [0.25, 0.3) is 5.56 Å². The molecule has 0 aliphatic carbocycles. The predicted molar refractivity (Wildman–Crippen MR) is 114 cm³/mol. The summed E-state index contributed by atoms with van der Waals surface area (Å²) in [6, 6.07) is 11.7. The van der Waals surface area contributed by atoms with E-state index in [4.69, 9.17) is 4.74 Å². The number of carbonyl (C=O) groups excluding carboxylic acids is 1. The summed E-state index contributed by atoms with van der Waals surface area (Å²) in [6.07, 6.45) is 0.0379. The highest BCUT2D eigenvalue weighted by atomic mass is 79.9. The van der Waals surface area contributed by atoms with Crippen molar-refractivity contribution in [3.63, 3.8) is 0 Å². The second kappa shape index (κ2) is 6.74. The van der Waals surface area contributed by atoms with Crippen molar-refractivity contribution in [2.45, 2.75) is 18.5 Å². The van der Waals surface area contributed by atoms with E-state index in [1.165, 1.54) is 16.7 Å². The molecule has 0 saturated carbocycles. The Bertz CT molecular complexity index is 1320. The van der Waals surface area contributed by atoms with Crippen LogP contribution in [-0.2, 0) is 15.3 Å². The number of methoxy groups -OCH3 is 1. The molecule has 1 amide bonds. The Morgan fingerprint density at radius 2 is 1.94 bits per heavy atom. The molecule has 1 saturated heterocycles. The summed E-state index contributed by atoms with van der Waals surface area (Å²) in [4.78, 5) is 43.7. The molecule has 2 aliphatic heterocycles. The minimum atomic E-state index is -1.80. The van der Waals surface area contributed by atoms with E-state index >= 15 is 0 Å². The first-order valence-corrected chi connectivity index (χ1v) is 10.2. The molecule has 1 N–H and O–H groups in total. The lowest BCUT2D eigenvalue weighted by Gasteiger charge is -2.41. The van der Waals surface area contributed by atoms with Gasteiger partial charge in [0.2, 0.25) is 11.6 Å². The van der Waals surface area contributed by atoms with E-state index in [1.807, 2.05) is 0 Å². The maximum absolute atomic E-state index is 12.9. The number of hydrogen-bond acceptors (Lipinski definition) is 6. The molecule has 10 heteroatoms. The average molecular weight is 483 g/mol. The van der Waals surface area contributed by atoms with Crippen molar-refractivity contribution in [1.82, 2.24) is 14.8 Å². The number of ether oxygens (including phenoxy) is 1. The van der Waals surface area contributed by atoms with Gasteiger partial charge in [-0.2, -0.15) is 10.1 Å². The molecule has 2 aromatic carbocycles. The number of rotatable bonds is 3. The second-order valence-electron chi connectivity index (χ2n) is 7.24. The first-order chi connectivity index (χ1) is 14.9. The van der Waals surface area contributed by atoms with Crippen molar-refractivity contribution < 1.29 is 19.4 Å². The van der Waals surface area contributed by atoms with Gasteiger partial charge in [0, 0.05) is 28.4 Å². The van der Waals surface area contributed by atoms with Crippen LogP contribution in [0.3, 0.4) is 0 Å². The van der Waals surface area contributed by atoms with Gasteiger partial charge in [0.15, 0.2) is 11.5 Å². The Morgan fingerprint density at radius 1 is 1.19 bits per heavy atom. The van der Waals surface area contributed by atoms with Crippen molar-refractivity contribution in [2.75, 3.05) is 12.0 Å². The summed E-state index contributed by atoms with van der Waals surface area (Å²) in [5, 5.41) is 14.7. The predicted octanol–water partition coefficient (Wildman–Crippen LogP) is 2.62. The number of hydrogen-bond donors (Lipinski definition) is 1. The van der Waals surface area contributed by atoms with Gasteiger partial charge in [0.1, 0.15) is 5.75 Å². The zero-order valence-electron chi connectivity index (χ0n) is 16.2. The third-order valence-corrected chi connectivity index (χ3v) is 6.11. The lowest BCUT2D eigenvalue weighted by molar-refractivity contribution is -0.148. The maximum Gasteiger partial charge on any atom is 0.353 e. The van der Waals surface area contributed by atoms with Gasteiger partial charge in [-0.15, -0.1) is 0 Å². The van der Waals surface area contributed by atoms with Crippen molar-refractivity contribution in [1.29, 1.82) is 0 Å². The number of anilines is 1. The number of aromatic nitrogens is 3. The Hall–Kier alpha value is -3.53. The van der Waals surface area contributed by atoms with Crippen molar-refractivity contribution in [2.24, 2.45) is 0 Å². The van der Waals surface area contributed by atoms with E-state index < -0.39 is 17.2 Å². The van der Waals surface area contributed by atoms with E-state index in [-0.39, 0.29) is 30.3 Å². The van der Waals surface area contributed by atoms with Crippen LogP contribution in [0, 0.1) is 0 Å². The number of nitrogens with zero attached hydrogens (tertiary/aromatic N) is 4. The quantitative estimate of drug-likeness (QED) is 0.609. The minimum Gasteiger partial charge on any atom is -0.497 e. The number of fused-ring (bicyclic) bond motifs is 6. The molecule has 0 radical (unpaired) electrons. The number of carboxylic acids is 1. The average Bonchev–Trinajstić information content (AvgIpc) is 3.12. The molecule has 0 bridgehead atoms. The SMILES string of the molecule is COc1ccc(-c2nn3c(nc2=O)-c2cc(Br)ccc2N2C(=O)CCC23C(=O)O)cc1. The number of benzene rings is 2. The van der Waals surface area contributed by atoms with Crippen LogP contribution in [0.5, 0.6) is 5.75 Å². The summed E-state index contributed by atoms with van der Waals surface area (Å²) in [7, 11) is 1.53. The molecule has 3 heterocycles. The van der Waals surface area contributed by atoms with E-state index in [0.717, 1.165) is 0 Å². The smallest absolute Gasteiger partial charge is 0.353 e. The topological polar surface area (TPSA) is 115 Å². The molecular weight excluding hydrogens is 468 g/mol. The fraction of sp³-hybridized carbons (Fsp3) is 0.190. The molecule has 9 nitrogen and oxygen atoms in total. The highest BCUT2D eigenvalue weighted by Gasteiger charge is 2.58. The number of halogens is 1. The molecule has 3 aromatic rings. The summed E-state index contributed by atoms with van der Waals surface area (Å²) >= 11 is 3.39. The van der Waals surface area contributed by atoms with Crippen molar-refractivity contribution in [3.05, 3.63) is 57.3 Å². The molecule has 1 atom stereocenters. The van der Waals surface area contributed by atoms with Crippen LogP contribution in [-0.4, -0.2) is 38.9 Å².